The maximum absolute atomic E-state index is 12.5. The van der Waals surface area contributed by atoms with E-state index in [2.05, 4.69) is 10.3 Å². The minimum atomic E-state index is -0.363. The molecule has 0 aliphatic carbocycles. The summed E-state index contributed by atoms with van der Waals surface area (Å²) in [7, 11) is 0. The smallest absolute Gasteiger partial charge is 0.243 e. The Morgan fingerprint density at radius 2 is 2.17 bits per heavy atom. The fraction of sp³-hybridized carbons (Fsp3) is 0.471. The highest BCUT2D eigenvalue weighted by Gasteiger charge is 2.31. The Bertz CT molecular complexity index is 758. The highest BCUT2D eigenvalue weighted by atomic mass is 35.5. The van der Waals surface area contributed by atoms with Crippen LogP contribution in [0.4, 0.5) is 0 Å². The largest absolute Gasteiger partial charge is 0.349 e. The minimum absolute atomic E-state index is 0.0391. The number of hydrogen-bond donors (Lipinski definition) is 1. The van der Waals surface area contributed by atoms with Crippen LogP contribution >= 0.6 is 11.6 Å². The third-order valence-corrected chi connectivity index (χ3v) is 4.56. The molecule has 1 saturated heterocycles. The van der Waals surface area contributed by atoms with Crippen molar-refractivity contribution in [3.63, 3.8) is 0 Å². The van der Waals surface area contributed by atoms with Gasteiger partial charge >= 0.3 is 0 Å². The Labute approximate surface area is 145 Å². The van der Waals surface area contributed by atoms with Gasteiger partial charge in [0.2, 0.25) is 11.8 Å². The molecule has 0 aromatic carbocycles. The molecular weight excluding hydrogens is 328 g/mol. The molecule has 3 heterocycles. The number of hydrogen-bond acceptors (Lipinski definition) is 3. The van der Waals surface area contributed by atoms with Gasteiger partial charge in [0, 0.05) is 25.4 Å². The van der Waals surface area contributed by atoms with Crippen LogP contribution in [0.5, 0.6) is 0 Å². The zero-order chi connectivity index (χ0) is 17.1. The van der Waals surface area contributed by atoms with Crippen LogP contribution in [0.1, 0.15) is 38.3 Å². The number of amides is 2. The van der Waals surface area contributed by atoms with Gasteiger partial charge in [0.25, 0.3) is 0 Å². The van der Waals surface area contributed by atoms with Crippen LogP contribution < -0.4 is 5.32 Å². The first-order valence-corrected chi connectivity index (χ1v) is 8.66. The minimum Gasteiger partial charge on any atom is -0.349 e. The average molecular weight is 349 g/mol. The molecule has 0 radical (unpaired) electrons. The number of carbonyl (C=O) groups excluding carboxylic acids is 2. The van der Waals surface area contributed by atoms with E-state index in [1.165, 1.54) is 0 Å². The summed E-state index contributed by atoms with van der Waals surface area (Å²) in [4.78, 5) is 30.7. The summed E-state index contributed by atoms with van der Waals surface area (Å²) in [6, 6.07) is 3.25. The third-order valence-electron chi connectivity index (χ3n) is 4.34. The normalized spacial score (nSPS) is 17.9. The van der Waals surface area contributed by atoms with E-state index in [1.807, 2.05) is 23.6 Å². The monoisotopic (exact) mass is 348 g/mol. The first-order valence-electron chi connectivity index (χ1n) is 8.29. The summed E-state index contributed by atoms with van der Waals surface area (Å²) in [5, 5.41) is 3.54. The van der Waals surface area contributed by atoms with Crippen LogP contribution in [0.25, 0.3) is 5.65 Å². The van der Waals surface area contributed by atoms with E-state index < -0.39 is 0 Å². The topological polar surface area (TPSA) is 66.7 Å². The Hall–Kier alpha value is -2.08. The van der Waals surface area contributed by atoms with Crippen molar-refractivity contribution in [1.82, 2.24) is 19.6 Å². The molecule has 24 heavy (non-hydrogen) atoms. The molecule has 1 aliphatic heterocycles. The van der Waals surface area contributed by atoms with Gasteiger partial charge in [-0.15, -0.1) is 0 Å². The molecule has 6 nitrogen and oxygen atoms in total. The highest BCUT2D eigenvalue weighted by molar-refractivity contribution is 6.30. The predicted octanol–water partition coefficient (Wildman–Crippen LogP) is 2.40. The lowest BCUT2D eigenvalue weighted by molar-refractivity contribution is -0.142. The Kier molecular flexibility index (Phi) is 5.04. The fourth-order valence-corrected chi connectivity index (χ4v) is 3.27. The lowest BCUT2D eigenvalue weighted by atomic mass is 10.0. The lowest BCUT2D eigenvalue weighted by Gasteiger charge is -2.34. The van der Waals surface area contributed by atoms with Gasteiger partial charge in [-0.2, -0.15) is 0 Å². The molecule has 0 unspecified atom stereocenters. The summed E-state index contributed by atoms with van der Waals surface area (Å²) < 4.78 is 1.83. The number of nitrogens with one attached hydrogen (secondary N) is 1. The number of fused-ring (bicyclic) bond motifs is 1. The van der Waals surface area contributed by atoms with E-state index in [4.69, 9.17) is 11.6 Å². The van der Waals surface area contributed by atoms with E-state index >= 15 is 0 Å². The van der Waals surface area contributed by atoms with E-state index in [0.29, 0.717) is 24.5 Å². The molecular formula is C17H21ClN4O2. The van der Waals surface area contributed by atoms with Crippen molar-refractivity contribution >= 4 is 29.1 Å². The van der Waals surface area contributed by atoms with Crippen LogP contribution in [-0.2, 0) is 16.1 Å². The Morgan fingerprint density at radius 3 is 2.96 bits per heavy atom. The number of aromatic nitrogens is 2. The van der Waals surface area contributed by atoms with Crippen molar-refractivity contribution in [2.75, 3.05) is 6.54 Å². The predicted molar refractivity (Wildman–Crippen MR) is 91.7 cm³/mol. The van der Waals surface area contributed by atoms with Crippen LogP contribution in [0.15, 0.2) is 24.5 Å². The molecule has 0 bridgehead atoms. The maximum atomic E-state index is 12.5. The molecule has 2 amide bonds. The van der Waals surface area contributed by atoms with Crippen molar-refractivity contribution in [2.24, 2.45) is 0 Å². The summed E-state index contributed by atoms with van der Waals surface area (Å²) in [5.41, 5.74) is 1.54. The van der Waals surface area contributed by atoms with Crippen molar-refractivity contribution in [3.05, 3.63) is 35.2 Å². The second-order valence-corrected chi connectivity index (χ2v) is 6.45. The quantitative estimate of drug-likeness (QED) is 0.922. The van der Waals surface area contributed by atoms with Crippen LogP contribution in [-0.4, -0.2) is 38.7 Å². The number of rotatable bonds is 4. The molecule has 128 valence electrons. The van der Waals surface area contributed by atoms with E-state index in [0.717, 1.165) is 30.6 Å². The third kappa shape index (κ3) is 3.53. The molecule has 1 aliphatic rings. The Morgan fingerprint density at radius 1 is 1.33 bits per heavy atom. The number of piperidine rings is 1. The molecule has 3 rings (SSSR count). The van der Waals surface area contributed by atoms with Gasteiger partial charge in [0.1, 0.15) is 11.7 Å². The van der Waals surface area contributed by atoms with E-state index in [-0.39, 0.29) is 17.9 Å². The molecule has 1 fully saturated rings. The molecule has 7 heteroatoms. The molecule has 1 N–H and O–H groups in total. The van der Waals surface area contributed by atoms with Gasteiger partial charge in [-0.3, -0.25) is 9.59 Å². The van der Waals surface area contributed by atoms with Crippen LogP contribution in [0.3, 0.4) is 0 Å². The van der Waals surface area contributed by atoms with Gasteiger partial charge in [0.15, 0.2) is 0 Å². The number of imidazole rings is 1. The summed E-state index contributed by atoms with van der Waals surface area (Å²) in [6.45, 7) is 2.83. The zero-order valence-corrected chi connectivity index (χ0v) is 14.4. The Balaban J connectivity index is 1.65. The molecule has 1 atom stereocenters. The molecule has 2 aromatic heterocycles. The van der Waals surface area contributed by atoms with Crippen molar-refractivity contribution in [1.29, 1.82) is 0 Å². The van der Waals surface area contributed by atoms with Crippen molar-refractivity contribution in [2.45, 2.75) is 45.2 Å². The number of carbonyl (C=O) groups is 2. The zero-order valence-electron chi connectivity index (χ0n) is 13.7. The first-order chi connectivity index (χ1) is 11.6. The van der Waals surface area contributed by atoms with Crippen molar-refractivity contribution in [3.8, 4) is 0 Å². The maximum Gasteiger partial charge on any atom is 0.243 e. The second kappa shape index (κ2) is 7.21. The fourth-order valence-electron chi connectivity index (χ4n) is 3.10. The average Bonchev–Trinajstić information content (AvgIpc) is 3.01. The van der Waals surface area contributed by atoms with Crippen molar-refractivity contribution < 1.29 is 9.59 Å². The summed E-state index contributed by atoms with van der Waals surface area (Å²) >= 11 is 5.96. The van der Waals surface area contributed by atoms with Gasteiger partial charge in [-0.25, -0.2) is 4.98 Å². The summed E-state index contributed by atoms with van der Waals surface area (Å²) in [6.07, 6.45) is 6.70. The number of likely N-dealkylation sites (tertiary alicyclic amines) is 1. The lowest BCUT2D eigenvalue weighted by Crippen LogP contribution is -2.51. The van der Waals surface area contributed by atoms with Crippen LogP contribution in [0.2, 0.25) is 5.02 Å². The standard InChI is InChI=1S/C17H21ClN4O2/c1-2-16(23)22-8-4-3-5-14(22)17(24)19-9-13-11-21-10-12(18)6-7-15(21)20-13/h6-7,10-11,14H,2-5,8-9H2,1H3,(H,19,24)/t14-/m0/s1. The number of halogens is 1. The number of pyridine rings is 1. The SMILES string of the molecule is CCC(=O)N1CCCC[C@H]1C(=O)NCc1cn2cc(Cl)ccc2n1. The van der Waals surface area contributed by atoms with Gasteiger partial charge in [-0.1, -0.05) is 18.5 Å². The molecule has 2 aromatic rings. The van der Waals surface area contributed by atoms with Gasteiger partial charge in [0.05, 0.1) is 17.3 Å². The molecule has 0 spiro atoms. The highest BCUT2D eigenvalue weighted by Crippen LogP contribution is 2.18. The van der Waals surface area contributed by atoms with E-state index in [1.54, 1.807) is 17.2 Å². The first kappa shape index (κ1) is 16.8. The second-order valence-electron chi connectivity index (χ2n) is 6.02. The van der Waals surface area contributed by atoms with Gasteiger partial charge < -0.3 is 14.6 Å². The van der Waals surface area contributed by atoms with Crippen LogP contribution in [0, 0.1) is 0 Å². The van der Waals surface area contributed by atoms with E-state index in [9.17, 15) is 9.59 Å². The van der Waals surface area contributed by atoms with Gasteiger partial charge in [-0.05, 0) is 31.4 Å². The number of nitrogens with zero attached hydrogens (tertiary/aromatic N) is 3. The summed E-state index contributed by atoms with van der Waals surface area (Å²) in [5.74, 6) is -0.0659. The molecule has 0 saturated carbocycles.